The minimum Gasteiger partial charge on any atom is -0.481 e. The van der Waals surface area contributed by atoms with Gasteiger partial charge in [0, 0.05) is 0 Å². The van der Waals surface area contributed by atoms with Gasteiger partial charge < -0.3 is 9.47 Å². The summed E-state index contributed by atoms with van der Waals surface area (Å²) in [7, 11) is 0. The topological polar surface area (TPSA) is 64.6 Å². The predicted octanol–water partition coefficient (Wildman–Crippen LogP) is 2.64. The van der Waals surface area contributed by atoms with Crippen LogP contribution in [0.25, 0.3) is 0 Å². The highest BCUT2D eigenvalue weighted by Crippen LogP contribution is 2.32. The summed E-state index contributed by atoms with van der Waals surface area (Å²) in [5.74, 6) is -0.454. The fourth-order valence-electron chi connectivity index (χ4n) is 1.08. The molecule has 7 heteroatoms. The van der Waals surface area contributed by atoms with Gasteiger partial charge in [0.15, 0.2) is 12.4 Å². The van der Waals surface area contributed by atoms with Crippen LogP contribution < -0.4 is 10.1 Å². The first kappa shape index (κ1) is 14.6. The molecule has 1 aromatic rings. The zero-order valence-electron chi connectivity index (χ0n) is 9.54. The Hall–Kier alpha value is -1.46. The van der Waals surface area contributed by atoms with Crippen molar-refractivity contribution in [1.82, 2.24) is 5.32 Å². The summed E-state index contributed by atoms with van der Waals surface area (Å²) in [6, 6.07) is 4.80. The maximum atomic E-state index is 11.3. The van der Waals surface area contributed by atoms with Gasteiger partial charge in [-0.05, 0) is 19.1 Å². The fourth-order valence-corrected chi connectivity index (χ4v) is 1.58. The van der Waals surface area contributed by atoms with Gasteiger partial charge in [0.25, 0.3) is 5.91 Å². The quantitative estimate of drug-likeness (QED) is 0.926. The first-order valence-corrected chi connectivity index (χ1v) is 5.83. The predicted molar refractivity (Wildman–Crippen MR) is 67.1 cm³/mol. The van der Waals surface area contributed by atoms with Crippen molar-refractivity contribution in [3.05, 3.63) is 28.2 Å². The largest absolute Gasteiger partial charge is 0.481 e. The summed E-state index contributed by atoms with van der Waals surface area (Å²) in [4.78, 5) is 22.2. The standard InChI is InChI=1S/C11H11Cl2NO4/c1-2-17-11(16)14-9(15)6-18-10-7(12)4-3-5-8(10)13/h3-5H,2,6H2,1H3,(H,14,15,16). The molecule has 0 heterocycles. The van der Waals surface area contributed by atoms with E-state index in [0.717, 1.165) is 0 Å². The van der Waals surface area contributed by atoms with Crippen LogP contribution in [0.15, 0.2) is 18.2 Å². The van der Waals surface area contributed by atoms with E-state index in [-0.39, 0.29) is 29.0 Å². The molecule has 0 atom stereocenters. The lowest BCUT2D eigenvalue weighted by Crippen LogP contribution is -2.34. The molecule has 5 nitrogen and oxygen atoms in total. The van der Waals surface area contributed by atoms with Crippen molar-refractivity contribution in [1.29, 1.82) is 0 Å². The fraction of sp³-hybridized carbons (Fsp3) is 0.273. The van der Waals surface area contributed by atoms with Crippen LogP contribution in [0.1, 0.15) is 6.92 Å². The van der Waals surface area contributed by atoms with Gasteiger partial charge >= 0.3 is 6.09 Å². The highest BCUT2D eigenvalue weighted by atomic mass is 35.5. The molecule has 18 heavy (non-hydrogen) atoms. The number of para-hydroxylation sites is 1. The molecular weight excluding hydrogens is 281 g/mol. The Labute approximate surface area is 114 Å². The zero-order valence-corrected chi connectivity index (χ0v) is 11.0. The first-order chi connectivity index (χ1) is 8.54. The van der Waals surface area contributed by atoms with Crippen molar-refractivity contribution in [2.75, 3.05) is 13.2 Å². The van der Waals surface area contributed by atoms with Crippen molar-refractivity contribution in [2.24, 2.45) is 0 Å². The lowest BCUT2D eigenvalue weighted by molar-refractivity contribution is -0.122. The molecule has 0 radical (unpaired) electrons. The third-order valence-electron chi connectivity index (χ3n) is 1.78. The number of carbonyl (C=O) groups is 2. The van der Waals surface area contributed by atoms with E-state index in [1.165, 1.54) is 0 Å². The summed E-state index contributed by atoms with van der Waals surface area (Å²) in [6.07, 6.45) is -0.823. The number of hydrogen-bond donors (Lipinski definition) is 1. The first-order valence-electron chi connectivity index (χ1n) is 5.08. The number of halogens is 2. The Morgan fingerprint density at radius 2 is 1.89 bits per heavy atom. The molecule has 0 aliphatic rings. The van der Waals surface area contributed by atoms with Crippen LogP contribution in [0.4, 0.5) is 4.79 Å². The number of nitrogens with one attached hydrogen (secondary N) is 1. The normalized spacial score (nSPS) is 9.72. The maximum absolute atomic E-state index is 11.3. The molecule has 0 unspecified atom stereocenters. The molecule has 0 fully saturated rings. The SMILES string of the molecule is CCOC(=O)NC(=O)COc1c(Cl)cccc1Cl. The Kier molecular flexibility index (Phi) is 5.74. The molecule has 0 aromatic heterocycles. The zero-order chi connectivity index (χ0) is 13.5. The Morgan fingerprint density at radius 1 is 1.28 bits per heavy atom. The molecule has 0 aliphatic heterocycles. The van der Waals surface area contributed by atoms with Crippen molar-refractivity contribution in [3.8, 4) is 5.75 Å². The van der Waals surface area contributed by atoms with Gasteiger partial charge in [-0.2, -0.15) is 0 Å². The maximum Gasteiger partial charge on any atom is 0.413 e. The third kappa shape index (κ3) is 4.43. The smallest absolute Gasteiger partial charge is 0.413 e. The molecule has 0 spiro atoms. The lowest BCUT2D eigenvalue weighted by Gasteiger charge is -2.09. The Morgan fingerprint density at radius 3 is 2.44 bits per heavy atom. The molecule has 98 valence electrons. The number of alkyl carbamates (subject to hydrolysis) is 1. The molecular formula is C11H11Cl2NO4. The van der Waals surface area contributed by atoms with Gasteiger partial charge in [-0.1, -0.05) is 29.3 Å². The minimum absolute atomic E-state index is 0.177. The van der Waals surface area contributed by atoms with Crippen molar-refractivity contribution in [3.63, 3.8) is 0 Å². The van der Waals surface area contributed by atoms with Gasteiger partial charge in [-0.3, -0.25) is 10.1 Å². The summed E-state index contributed by atoms with van der Waals surface area (Å²) in [5.41, 5.74) is 0. The number of amides is 2. The van der Waals surface area contributed by atoms with E-state index in [1.807, 2.05) is 5.32 Å². The molecule has 0 saturated heterocycles. The molecule has 0 saturated carbocycles. The Bertz CT molecular complexity index is 430. The number of rotatable bonds is 4. The average molecular weight is 292 g/mol. The second-order valence-electron chi connectivity index (χ2n) is 3.11. The lowest BCUT2D eigenvalue weighted by atomic mass is 10.3. The van der Waals surface area contributed by atoms with E-state index in [9.17, 15) is 9.59 Å². The monoisotopic (exact) mass is 291 g/mol. The van der Waals surface area contributed by atoms with Crippen LogP contribution in [-0.4, -0.2) is 25.2 Å². The van der Waals surface area contributed by atoms with Crippen molar-refractivity contribution >= 4 is 35.2 Å². The van der Waals surface area contributed by atoms with Crippen molar-refractivity contribution < 1.29 is 19.1 Å². The minimum atomic E-state index is -0.823. The number of benzene rings is 1. The van der Waals surface area contributed by atoms with E-state index in [4.69, 9.17) is 27.9 Å². The van der Waals surface area contributed by atoms with E-state index in [0.29, 0.717) is 0 Å². The van der Waals surface area contributed by atoms with Crippen LogP contribution in [0, 0.1) is 0 Å². The van der Waals surface area contributed by atoms with E-state index in [1.54, 1.807) is 25.1 Å². The second-order valence-corrected chi connectivity index (χ2v) is 3.92. The number of hydrogen-bond acceptors (Lipinski definition) is 4. The second kappa shape index (κ2) is 7.08. The highest BCUT2D eigenvalue weighted by molar-refractivity contribution is 6.37. The number of ether oxygens (including phenoxy) is 2. The van der Waals surface area contributed by atoms with E-state index >= 15 is 0 Å². The summed E-state index contributed by atoms with van der Waals surface area (Å²) in [5, 5.41) is 2.55. The van der Waals surface area contributed by atoms with Gasteiger partial charge in [-0.15, -0.1) is 0 Å². The van der Waals surface area contributed by atoms with Gasteiger partial charge in [0.2, 0.25) is 0 Å². The molecule has 2 amide bonds. The highest BCUT2D eigenvalue weighted by Gasteiger charge is 2.12. The molecule has 1 aromatic carbocycles. The van der Waals surface area contributed by atoms with Crippen molar-refractivity contribution in [2.45, 2.75) is 6.92 Å². The van der Waals surface area contributed by atoms with Crippen LogP contribution in [-0.2, 0) is 9.53 Å². The van der Waals surface area contributed by atoms with E-state index < -0.39 is 12.0 Å². The summed E-state index contributed by atoms with van der Waals surface area (Å²) >= 11 is 11.7. The van der Waals surface area contributed by atoms with Gasteiger partial charge in [0.05, 0.1) is 16.7 Å². The Balaban J connectivity index is 2.50. The third-order valence-corrected chi connectivity index (χ3v) is 2.38. The van der Waals surface area contributed by atoms with Crippen LogP contribution in [0.5, 0.6) is 5.75 Å². The number of carbonyl (C=O) groups excluding carboxylic acids is 2. The summed E-state index contributed by atoms with van der Waals surface area (Å²) in [6.45, 7) is 1.42. The molecule has 0 bridgehead atoms. The number of imide groups is 1. The van der Waals surface area contributed by atoms with Gasteiger partial charge in [-0.25, -0.2) is 4.79 Å². The average Bonchev–Trinajstić information content (AvgIpc) is 2.28. The van der Waals surface area contributed by atoms with Crippen LogP contribution in [0.3, 0.4) is 0 Å². The van der Waals surface area contributed by atoms with Crippen LogP contribution >= 0.6 is 23.2 Å². The molecule has 0 aliphatic carbocycles. The van der Waals surface area contributed by atoms with Crippen LogP contribution in [0.2, 0.25) is 10.0 Å². The van der Waals surface area contributed by atoms with E-state index in [2.05, 4.69) is 4.74 Å². The van der Waals surface area contributed by atoms with Gasteiger partial charge in [0.1, 0.15) is 0 Å². The molecule has 1 N–H and O–H groups in total. The molecule has 1 rings (SSSR count). The summed E-state index contributed by atoms with van der Waals surface area (Å²) < 4.78 is 9.66.